The van der Waals surface area contributed by atoms with Crippen molar-refractivity contribution in [2.45, 2.75) is 51.1 Å². The average molecular weight is 405 g/mol. The van der Waals surface area contributed by atoms with Gasteiger partial charge in [-0.15, -0.1) is 0 Å². The van der Waals surface area contributed by atoms with Crippen LogP contribution in [0.4, 0.5) is 10.5 Å². The second-order valence-corrected chi connectivity index (χ2v) is 8.51. The minimum atomic E-state index is -0.884. The van der Waals surface area contributed by atoms with Gasteiger partial charge >= 0.3 is 6.09 Å². The highest BCUT2D eigenvalue weighted by molar-refractivity contribution is 5.94. The number of aryl methyl sites for hydroxylation is 1. The first-order chi connectivity index (χ1) is 14.6. The summed E-state index contributed by atoms with van der Waals surface area (Å²) in [6.45, 7) is 4.02. The molecule has 156 valence electrons. The number of fused-ring (bicyclic) bond motifs is 3. The summed E-state index contributed by atoms with van der Waals surface area (Å²) >= 11 is 0. The normalized spacial score (nSPS) is 19.8. The van der Waals surface area contributed by atoms with E-state index in [1.165, 1.54) is 10.5 Å². The van der Waals surface area contributed by atoms with E-state index in [1.54, 1.807) is 0 Å². The van der Waals surface area contributed by atoms with Crippen molar-refractivity contribution in [2.75, 3.05) is 18.0 Å². The molecule has 1 aromatic heterocycles. The highest BCUT2D eigenvalue weighted by Gasteiger charge is 2.31. The molecule has 2 aliphatic heterocycles. The molecular weight excluding hydrogens is 376 g/mol. The van der Waals surface area contributed by atoms with E-state index in [9.17, 15) is 9.90 Å². The molecule has 1 unspecified atom stereocenters. The molecule has 2 aromatic carbocycles. The number of rotatable bonds is 3. The molecule has 0 spiro atoms. The van der Waals surface area contributed by atoms with Crippen LogP contribution in [0.25, 0.3) is 11.0 Å². The van der Waals surface area contributed by atoms with Crippen molar-refractivity contribution in [1.82, 2.24) is 14.9 Å². The van der Waals surface area contributed by atoms with Gasteiger partial charge in [-0.3, -0.25) is 4.90 Å². The zero-order valence-electron chi connectivity index (χ0n) is 17.3. The van der Waals surface area contributed by atoms with Gasteiger partial charge in [-0.1, -0.05) is 30.3 Å². The topological polar surface area (TPSA) is 70.4 Å². The zero-order valence-corrected chi connectivity index (χ0v) is 17.3. The maximum Gasteiger partial charge on any atom is 0.412 e. The summed E-state index contributed by atoms with van der Waals surface area (Å²) in [7, 11) is 0. The van der Waals surface area contributed by atoms with Gasteiger partial charge in [0.05, 0.1) is 16.7 Å². The number of hydrogen-bond acceptors (Lipinski definition) is 3. The SMILES string of the molecule is CC1CCc2c(ccc3c2nc(Cc2ccccc2)n3C2CCNCC2)N1C(=O)O. The lowest BCUT2D eigenvalue weighted by molar-refractivity contribution is 0.198. The van der Waals surface area contributed by atoms with Gasteiger partial charge in [0.25, 0.3) is 0 Å². The maximum absolute atomic E-state index is 11.9. The van der Waals surface area contributed by atoms with E-state index in [1.807, 2.05) is 19.1 Å². The molecule has 6 heteroatoms. The number of benzene rings is 2. The molecule has 3 aromatic rings. The summed E-state index contributed by atoms with van der Waals surface area (Å²) in [6, 6.07) is 15.0. The Hall–Kier alpha value is -2.86. The summed E-state index contributed by atoms with van der Waals surface area (Å²) < 4.78 is 2.44. The zero-order chi connectivity index (χ0) is 20.7. The van der Waals surface area contributed by atoms with E-state index in [-0.39, 0.29) is 6.04 Å². The fraction of sp³-hybridized carbons (Fsp3) is 0.417. The van der Waals surface area contributed by atoms with Crippen LogP contribution in [0.2, 0.25) is 0 Å². The quantitative estimate of drug-likeness (QED) is 0.680. The number of nitrogens with zero attached hydrogens (tertiary/aromatic N) is 3. The Kier molecular flexibility index (Phi) is 4.95. The van der Waals surface area contributed by atoms with Gasteiger partial charge in [-0.05, 0) is 63.4 Å². The fourth-order valence-electron chi connectivity index (χ4n) is 5.11. The maximum atomic E-state index is 11.9. The largest absolute Gasteiger partial charge is 0.465 e. The van der Waals surface area contributed by atoms with Gasteiger partial charge in [0, 0.05) is 24.1 Å². The number of aromatic nitrogens is 2. The van der Waals surface area contributed by atoms with Gasteiger partial charge in [0.15, 0.2) is 0 Å². The van der Waals surface area contributed by atoms with Crippen molar-refractivity contribution >= 4 is 22.8 Å². The molecule has 1 fully saturated rings. The van der Waals surface area contributed by atoms with Crippen molar-refractivity contribution in [1.29, 1.82) is 0 Å². The van der Waals surface area contributed by atoms with Crippen molar-refractivity contribution in [3.63, 3.8) is 0 Å². The van der Waals surface area contributed by atoms with Crippen LogP contribution in [0.5, 0.6) is 0 Å². The van der Waals surface area contributed by atoms with Gasteiger partial charge in [0.1, 0.15) is 5.82 Å². The first-order valence-corrected chi connectivity index (χ1v) is 10.9. The van der Waals surface area contributed by atoms with Gasteiger partial charge in [0.2, 0.25) is 0 Å². The van der Waals surface area contributed by atoms with Crippen molar-refractivity contribution in [3.05, 3.63) is 59.4 Å². The van der Waals surface area contributed by atoms with Crippen molar-refractivity contribution in [2.24, 2.45) is 0 Å². The Morgan fingerprint density at radius 1 is 1.13 bits per heavy atom. The minimum Gasteiger partial charge on any atom is -0.465 e. The van der Waals surface area contributed by atoms with Crippen LogP contribution in [0.15, 0.2) is 42.5 Å². The Bertz CT molecular complexity index is 1070. The lowest BCUT2D eigenvalue weighted by Gasteiger charge is -2.33. The molecule has 0 radical (unpaired) electrons. The number of piperidine rings is 1. The molecule has 30 heavy (non-hydrogen) atoms. The van der Waals surface area contributed by atoms with E-state index < -0.39 is 6.09 Å². The first-order valence-electron chi connectivity index (χ1n) is 10.9. The van der Waals surface area contributed by atoms with E-state index in [0.29, 0.717) is 6.04 Å². The van der Waals surface area contributed by atoms with Crippen LogP contribution < -0.4 is 10.2 Å². The van der Waals surface area contributed by atoms with Crippen LogP contribution in [0.1, 0.15) is 49.2 Å². The lowest BCUT2D eigenvalue weighted by atomic mass is 9.95. The Morgan fingerprint density at radius 3 is 2.63 bits per heavy atom. The second-order valence-electron chi connectivity index (χ2n) is 8.51. The van der Waals surface area contributed by atoms with Gasteiger partial charge < -0.3 is 15.0 Å². The number of anilines is 1. The van der Waals surface area contributed by atoms with E-state index in [0.717, 1.165) is 73.3 Å². The highest BCUT2D eigenvalue weighted by atomic mass is 16.4. The number of hydrogen-bond donors (Lipinski definition) is 2. The van der Waals surface area contributed by atoms with Gasteiger partial charge in [-0.2, -0.15) is 0 Å². The standard InChI is InChI=1S/C24H28N4O2/c1-16-7-8-19-20(27(16)24(29)30)9-10-21-23(19)26-22(15-17-5-3-2-4-6-17)28(21)18-11-13-25-14-12-18/h2-6,9-10,16,18,25H,7-8,11-15H2,1H3,(H,29,30). The second kappa shape index (κ2) is 7.76. The smallest absolute Gasteiger partial charge is 0.412 e. The van der Waals surface area contributed by atoms with Crippen LogP contribution >= 0.6 is 0 Å². The molecule has 1 saturated heterocycles. The van der Waals surface area contributed by atoms with Gasteiger partial charge in [-0.25, -0.2) is 9.78 Å². The van der Waals surface area contributed by atoms with Crippen LogP contribution in [-0.4, -0.2) is 39.9 Å². The molecule has 0 aliphatic carbocycles. The number of imidazole rings is 1. The monoisotopic (exact) mass is 404 g/mol. The molecule has 1 atom stereocenters. The average Bonchev–Trinajstić information content (AvgIpc) is 3.12. The summed E-state index contributed by atoms with van der Waals surface area (Å²) in [4.78, 5) is 18.6. The fourth-order valence-corrected chi connectivity index (χ4v) is 5.11. The number of amides is 1. The molecule has 0 saturated carbocycles. The van der Waals surface area contributed by atoms with E-state index in [4.69, 9.17) is 4.98 Å². The predicted octanol–water partition coefficient (Wildman–Crippen LogP) is 4.37. The van der Waals surface area contributed by atoms with Crippen LogP contribution in [-0.2, 0) is 12.8 Å². The molecule has 2 aliphatic rings. The summed E-state index contributed by atoms with van der Waals surface area (Å²) in [5.74, 6) is 1.08. The third kappa shape index (κ3) is 3.25. The number of carbonyl (C=O) groups is 1. The molecule has 5 rings (SSSR count). The predicted molar refractivity (Wildman–Crippen MR) is 118 cm³/mol. The van der Waals surface area contributed by atoms with Crippen LogP contribution in [0.3, 0.4) is 0 Å². The van der Waals surface area contributed by atoms with E-state index in [2.05, 4.69) is 40.2 Å². The van der Waals surface area contributed by atoms with Crippen molar-refractivity contribution < 1.29 is 9.90 Å². The molecule has 6 nitrogen and oxygen atoms in total. The third-order valence-corrected chi connectivity index (χ3v) is 6.61. The third-order valence-electron chi connectivity index (χ3n) is 6.61. The highest BCUT2D eigenvalue weighted by Crippen LogP contribution is 2.38. The summed E-state index contributed by atoms with van der Waals surface area (Å²) in [5, 5.41) is 13.2. The Labute approximate surface area is 176 Å². The Balaban J connectivity index is 1.67. The molecule has 2 N–H and O–H groups in total. The molecule has 1 amide bonds. The number of nitrogens with one attached hydrogen (secondary N) is 1. The molecule has 0 bridgehead atoms. The molecular formula is C24H28N4O2. The summed E-state index contributed by atoms with van der Waals surface area (Å²) in [5.41, 5.74) is 5.25. The minimum absolute atomic E-state index is 0.0113. The summed E-state index contributed by atoms with van der Waals surface area (Å²) in [6.07, 6.45) is 3.77. The molecule has 3 heterocycles. The van der Waals surface area contributed by atoms with Crippen LogP contribution in [0, 0.1) is 0 Å². The number of carboxylic acid groups (broad SMARTS) is 1. The van der Waals surface area contributed by atoms with E-state index >= 15 is 0 Å². The Morgan fingerprint density at radius 2 is 1.90 bits per heavy atom. The first kappa shape index (κ1) is 19.1. The lowest BCUT2D eigenvalue weighted by Crippen LogP contribution is -2.41. The van der Waals surface area contributed by atoms with Crippen molar-refractivity contribution in [3.8, 4) is 0 Å².